The van der Waals surface area contributed by atoms with Crippen molar-refractivity contribution in [3.8, 4) is 0 Å². The molecule has 0 bridgehead atoms. The summed E-state index contributed by atoms with van der Waals surface area (Å²) in [6.07, 6.45) is 6.04. The highest BCUT2D eigenvalue weighted by atomic mass is 16.5. The molecule has 0 amide bonds. The molecule has 0 heterocycles. The van der Waals surface area contributed by atoms with Crippen LogP contribution in [0.15, 0.2) is 24.3 Å². The van der Waals surface area contributed by atoms with Gasteiger partial charge in [-0.15, -0.1) is 0 Å². The van der Waals surface area contributed by atoms with Crippen molar-refractivity contribution in [2.75, 3.05) is 6.61 Å². The topological polar surface area (TPSA) is 101 Å². The largest absolute Gasteiger partial charge is 0.481 e. The quantitative estimate of drug-likeness (QED) is 0.362. The lowest BCUT2D eigenvalue weighted by Gasteiger charge is -2.09. The summed E-state index contributed by atoms with van der Waals surface area (Å²) < 4.78 is 4.92. The van der Waals surface area contributed by atoms with Crippen molar-refractivity contribution in [2.45, 2.75) is 52.9 Å². The van der Waals surface area contributed by atoms with Gasteiger partial charge in [-0.25, -0.2) is 4.79 Å². The maximum atomic E-state index is 10.7. The van der Waals surface area contributed by atoms with E-state index in [0.717, 1.165) is 19.3 Å². The number of carboxylic acids is 2. The molecule has 0 rings (SSSR count). The van der Waals surface area contributed by atoms with E-state index in [1.54, 1.807) is 0 Å². The van der Waals surface area contributed by atoms with Gasteiger partial charge in [0.1, 0.15) is 0 Å². The highest BCUT2D eigenvalue weighted by Gasteiger charge is 2.02. The molecule has 0 radical (unpaired) electrons. The predicted octanol–water partition coefficient (Wildman–Crippen LogP) is 3.42. The molecule has 6 nitrogen and oxygen atoms in total. The van der Waals surface area contributed by atoms with E-state index in [0.29, 0.717) is 12.5 Å². The number of aliphatic carboxylic acids is 2. The Balaban J connectivity index is 0. The smallest absolute Gasteiger partial charge is 0.330 e. The summed E-state index contributed by atoms with van der Waals surface area (Å²) in [6, 6.07) is 0. The molecule has 2 N–H and O–H groups in total. The van der Waals surface area contributed by atoms with Gasteiger partial charge >= 0.3 is 17.9 Å². The van der Waals surface area contributed by atoms with Crippen LogP contribution in [-0.4, -0.2) is 34.7 Å². The van der Waals surface area contributed by atoms with Crippen molar-refractivity contribution < 1.29 is 29.3 Å². The number of hydrogen-bond acceptors (Lipinski definition) is 4. The Bertz CT molecular complexity index is 393. The van der Waals surface area contributed by atoms with Gasteiger partial charge in [-0.1, -0.05) is 25.2 Å². The van der Waals surface area contributed by atoms with Crippen LogP contribution in [0.2, 0.25) is 0 Å². The predicted molar refractivity (Wildman–Crippen MR) is 88.1 cm³/mol. The molecule has 0 saturated heterocycles. The Morgan fingerprint density at radius 2 is 1.61 bits per heavy atom. The molecular weight excluding hydrogens is 300 g/mol. The van der Waals surface area contributed by atoms with Crippen LogP contribution in [0.25, 0.3) is 0 Å². The third kappa shape index (κ3) is 22.3. The van der Waals surface area contributed by atoms with Crippen molar-refractivity contribution in [3.05, 3.63) is 24.3 Å². The standard InChI is InChI=1S/C13H22O2.C4H6O4/c1-5-13(14)15-10-9-12(4)8-6-7-11(2)3;5-3(6)1-2-4(7)8/h5,7,12H,1,6,8-10H2,2-4H3;1-2H2,(H,5,6)(H,7,8). The van der Waals surface area contributed by atoms with E-state index in [1.807, 2.05) is 0 Å². The molecule has 1 unspecified atom stereocenters. The van der Waals surface area contributed by atoms with Gasteiger partial charge in [0.05, 0.1) is 19.4 Å². The molecule has 1 atom stereocenters. The summed E-state index contributed by atoms with van der Waals surface area (Å²) >= 11 is 0. The number of carbonyl (C=O) groups is 3. The minimum Gasteiger partial charge on any atom is -0.481 e. The zero-order valence-electron chi connectivity index (χ0n) is 14.2. The van der Waals surface area contributed by atoms with Gasteiger partial charge in [0.25, 0.3) is 0 Å². The molecular formula is C17H28O6. The summed E-state index contributed by atoms with van der Waals surface area (Å²) in [5.41, 5.74) is 1.36. The van der Waals surface area contributed by atoms with Crippen LogP contribution in [0.5, 0.6) is 0 Å². The maximum Gasteiger partial charge on any atom is 0.330 e. The SMILES string of the molecule is C=CC(=O)OCCC(C)CCC=C(C)C.O=C(O)CCC(=O)O. The Morgan fingerprint density at radius 1 is 1.09 bits per heavy atom. The van der Waals surface area contributed by atoms with E-state index in [1.165, 1.54) is 11.6 Å². The first kappa shape index (κ1) is 23.2. The molecule has 0 spiro atoms. The molecule has 0 aromatic heterocycles. The van der Waals surface area contributed by atoms with Crippen molar-refractivity contribution in [2.24, 2.45) is 5.92 Å². The minimum absolute atomic E-state index is 0.296. The molecule has 0 aliphatic carbocycles. The third-order valence-electron chi connectivity index (χ3n) is 2.79. The van der Waals surface area contributed by atoms with Crippen LogP contribution >= 0.6 is 0 Å². The summed E-state index contributed by atoms with van der Waals surface area (Å²) in [5, 5.41) is 15.8. The van der Waals surface area contributed by atoms with E-state index in [2.05, 4.69) is 33.4 Å². The van der Waals surface area contributed by atoms with Crippen LogP contribution in [0.1, 0.15) is 52.9 Å². The van der Waals surface area contributed by atoms with Gasteiger partial charge in [-0.05, 0) is 39.0 Å². The Hall–Kier alpha value is -2.11. The van der Waals surface area contributed by atoms with E-state index >= 15 is 0 Å². The second-order valence-corrected chi connectivity index (χ2v) is 5.41. The number of hydrogen-bond donors (Lipinski definition) is 2. The Labute approximate surface area is 137 Å². The van der Waals surface area contributed by atoms with Crippen LogP contribution in [0.3, 0.4) is 0 Å². The van der Waals surface area contributed by atoms with Crippen LogP contribution in [0.4, 0.5) is 0 Å². The fourth-order valence-electron chi connectivity index (χ4n) is 1.43. The van der Waals surface area contributed by atoms with E-state index in [9.17, 15) is 14.4 Å². The fraction of sp³-hybridized carbons (Fsp3) is 0.588. The lowest BCUT2D eigenvalue weighted by molar-refractivity contribution is -0.143. The molecule has 0 saturated carbocycles. The minimum atomic E-state index is -1.08. The molecule has 0 aromatic carbocycles. The average Bonchev–Trinajstić information content (AvgIpc) is 2.45. The summed E-state index contributed by atoms with van der Waals surface area (Å²) in [4.78, 5) is 30.0. The molecule has 132 valence electrons. The van der Waals surface area contributed by atoms with Gasteiger partial charge in [-0.2, -0.15) is 0 Å². The normalized spacial score (nSPS) is 10.6. The number of carboxylic acid groups (broad SMARTS) is 2. The van der Waals surface area contributed by atoms with E-state index in [4.69, 9.17) is 14.9 Å². The zero-order valence-corrected chi connectivity index (χ0v) is 14.2. The molecule has 0 fully saturated rings. The Morgan fingerprint density at radius 3 is 2.00 bits per heavy atom. The monoisotopic (exact) mass is 328 g/mol. The van der Waals surface area contributed by atoms with Gasteiger partial charge in [0.2, 0.25) is 0 Å². The van der Waals surface area contributed by atoms with Crippen molar-refractivity contribution >= 4 is 17.9 Å². The first-order chi connectivity index (χ1) is 10.7. The second kappa shape index (κ2) is 14.8. The van der Waals surface area contributed by atoms with Crippen molar-refractivity contribution in [1.29, 1.82) is 0 Å². The van der Waals surface area contributed by atoms with Gasteiger partial charge in [-0.3, -0.25) is 9.59 Å². The Kier molecular flexibility index (Phi) is 14.9. The number of rotatable bonds is 10. The molecule has 23 heavy (non-hydrogen) atoms. The van der Waals surface area contributed by atoms with Crippen molar-refractivity contribution in [1.82, 2.24) is 0 Å². The fourth-order valence-corrected chi connectivity index (χ4v) is 1.43. The molecule has 6 heteroatoms. The van der Waals surface area contributed by atoms with Crippen LogP contribution in [-0.2, 0) is 19.1 Å². The van der Waals surface area contributed by atoms with Gasteiger partial charge in [0, 0.05) is 6.08 Å². The summed E-state index contributed by atoms with van der Waals surface area (Å²) in [7, 11) is 0. The second-order valence-electron chi connectivity index (χ2n) is 5.41. The lowest BCUT2D eigenvalue weighted by atomic mass is 10.0. The molecule has 0 aromatic rings. The first-order valence-corrected chi connectivity index (χ1v) is 7.55. The third-order valence-corrected chi connectivity index (χ3v) is 2.79. The van der Waals surface area contributed by atoms with E-state index in [-0.39, 0.29) is 18.8 Å². The number of ether oxygens (including phenoxy) is 1. The highest BCUT2D eigenvalue weighted by Crippen LogP contribution is 2.11. The molecule has 0 aliphatic heterocycles. The highest BCUT2D eigenvalue weighted by molar-refractivity contribution is 5.81. The number of allylic oxidation sites excluding steroid dienone is 2. The number of carbonyl (C=O) groups excluding carboxylic acids is 1. The first-order valence-electron chi connectivity index (χ1n) is 7.55. The van der Waals surface area contributed by atoms with Crippen LogP contribution in [0, 0.1) is 5.92 Å². The zero-order chi connectivity index (χ0) is 18.3. The van der Waals surface area contributed by atoms with Gasteiger partial charge < -0.3 is 14.9 Å². The van der Waals surface area contributed by atoms with Gasteiger partial charge in [0.15, 0.2) is 0 Å². The average molecular weight is 328 g/mol. The lowest BCUT2D eigenvalue weighted by Crippen LogP contribution is -2.06. The van der Waals surface area contributed by atoms with Crippen LogP contribution < -0.4 is 0 Å². The maximum absolute atomic E-state index is 10.7. The summed E-state index contributed by atoms with van der Waals surface area (Å²) in [6.45, 7) is 10.2. The summed E-state index contributed by atoms with van der Waals surface area (Å²) in [5.74, 6) is -1.88. The molecule has 0 aliphatic rings. The van der Waals surface area contributed by atoms with E-state index < -0.39 is 11.9 Å². The number of esters is 1. The van der Waals surface area contributed by atoms with Crippen molar-refractivity contribution in [3.63, 3.8) is 0 Å².